The summed E-state index contributed by atoms with van der Waals surface area (Å²) in [7, 11) is 0. The summed E-state index contributed by atoms with van der Waals surface area (Å²) in [6, 6.07) is 0.172. The molecule has 8 nitrogen and oxygen atoms in total. The summed E-state index contributed by atoms with van der Waals surface area (Å²) >= 11 is 0. The number of ether oxygens (including phenoxy) is 1. The molecule has 0 unspecified atom stereocenters. The molecular weight excluding hydrogens is 471 g/mol. The number of carbonyl (C=O) groups excluding carboxylic acids is 1. The second kappa shape index (κ2) is 10.9. The zero-order chi connectivity index (χ0) is 20.0. The third kappa shape index (κ3) is 7.84. The lowest BCUT2D eigenvalue weighted by atomic mass is 10.1. The molecule has 2 rings (SSSR count). The van der Waals surface area contributed by atoms with E-state index >= 15 is 0 Å². The molecule has 2 N–H and O–H groups in total. The second-order valence-corrected chi connectivity index (χ2v) is 8.31. The number of rotatable bonds is 6. The van der Waals surface area contributed by atoms with Crippen LogP contribution in [0.5, 0.6) is 0 Å². The fourth-order valence-corrected chi connectivity index (χ4v) is 2.76. The Morgan fingerprint density at radius 3 is 2.64 bits per heavy atom. The minimum atomic E-state index is -0.468. The molecule has 1 saturated heterocycles. The van der Waals surface area contributed by atoms with Crippen LogP contribution in [0.4, 0.5) is 4.79 Å². The highest BCUT2D eigenvalue weighted by Crippen LogP contribution is 2.15. The molecule has 0 aromatic carbocycles. The Morgan fingerprint density at radius 1 is 1.39 bits per heavy atom. The molecular formula is C19H35IN6O2. The van der Waals surface area contributed by atoms with Crippen molar-refractivity contribution in [3.63, 3.8) is 0 Å². The third-order valence-electron chi connectivity index (χ3n) is 3.96. The minimum Gasteiger partial charge on any atom is -0.444 e. The van der Waals surface area contributed by atoms with Crippen LogP contribution in [-0.4, -0.2) is 57.8 Å². The van der Waals surface area contributed by atoms with Crippen molar-refractivity contribution < 1.29 is 9.53 Å². The minimum absolute atomic E-state index is 0. The van der Waals surface area contributed by atoms with E-state index in [0.29, 0.717) is 25.6 Å². The lowest BCUT2D eigenvalue weighted by Gasteiger charge is -2.40. The van der Waals surface area contributed by atoms with Gasteiger partial charge in [-0.3, -0.25) is 0 Å². The van der Waals surface area contributed by atoms with Crippen molar-refractivity contribution >= 4 is 36.0 Å². The average Bonchev–Trinajstić information content (AvgIpc) is 2.92. The molecule has 0 bridgehead atoms. The summed E-state index contributed by atoms with van der Waals surface area (Å²) in [6.07, 6.45) is 3.55. The zero-order valence-electron chi connectivity index (χ0n) is 17.9. The standard InChI is InChI=1S/C19H34N6O2.HI/c1-7-20-17(22-10-16-21-8-9-24(16)11-14(2)3)23-15-12-25(13-15)18(26)27-19(4,5)6;/h8-9,14-15H,7,10-13H2,1-6H3,(H2,20,22,23);1H. The van der Waals surface area contributed by atoms with Gasteiger partial charge in [0.25, 0.3) is 0 Å². The zero-order valence-corrected chi connectivity index (χ0v) is 20.2. The van der Waals surface area contributed by atoms with Gasteiger partial charge in [-0.05, 0) is 33.6 Å². The highest BCUT2D eigenvalue weighted by atomic mass is 127. The smallest absolute Gasteiger partial charge is 0.410 e. The maximum absolute atomic E-state index is 12.0. The lowest BCUT2D eigenvalue weighted by molar-refractivity contribution is 0.00700. The first-order valence-corrected chi connectivity index (χ1v) is 9.70. The van der Waals surface area contributed by atoms with Crippen LogP contribution in [0.3, 0.4) is 0 Å². The number of carbonyl (C=O) groups is 1. The first kappa shape index (κ1) is 24.5. The summed E-state index contributed by atoms with van der Waals surface area (Å²) in [6.45, 7) is 15.5. The predicted octanol–water partition coefficient (Wildman–Crippen LogP) is 2.83. The van der Waals surface area contributed by atoms with Crippen molar-refractivity contribution in [3.8, 4) is 0 Å². The van der Waals surface area contributed by atoms with Crippen LogP contribution < -0.4 is 10.6 Å². The molecule has 160 valence electrons. The van der Waals surface area contributed by atoms with Crippen LogP contribution >= 0.6 is 24.0 Å². The molecule has 0 aliphatic carbocycles. The van der Waals surface area contributed by atoms with E-state index in [0.717, 1.165) is 24.9 Å². The maximum Gasteiger partial charge on any atom is 0.410 e. The van der Waals surface area contributed by atoms with Crippen molar-refractivity contribution in [3.05, 3.63) is 18.2 Å². The van der Waals surface area contributed by atoms with Crippen molar-refractivity contribution in [1.82, 2.24) is 25.1 Å². The first-order valence-electron chi connectivity index (χ1n) is 9.70. The van der Waals surface area contributed by atoms with Crippen LogP contribution in [0.1, 0.15) is 47.4 Å². The van der Waals surface area contributed by atoms with Gasteiger partial charge in [0.2, 0.25) is 0 Å². The van der Waals surface area contributed by atoms with E-state index in [9.17, 15) is 4.79 Å². The van der Waals surface area contributed by atoms with Gasteiger partial charge in [0, 0.05) is 38.6 Å². The number of aromatic nitrogens is 2. The van der Waals surface area contributed by atoms with E-state index in [4.69, 9.17) is 4.74 Å². The fourth-order valence-electron chi connectivity index (χ4n) is 2.76. The monoisotopic (exact) mass is 506 g/mol. The number of aliphatic imine (C=N–C) groups is 1. The molecule has 0 atom stereocenters. The fraction of sp³-hybridized carbons (Fsp3) is 0.737. The van der Waals surface area contributed by atoms with Crippen molar-refractivity contribution in [2.24, 2.45) is 10.9 Å². The van der Waals surface area contributed by atoms with Gasteiger partial charge >= 0.3 is 6.09 Å². The number of imidazole rings is 1. The molecule has 1 aliphatic rings. The molecule has 28 heavy (non-hydrogen) atoms. The molecule has 1 fully saturated rings. The van der Waals surface area contributed by atoms with E-state index in [2.05, 4.69) is 39.0 Å². The summed E-state index contributed by atoms with van der Waals surface area (Å²) < 4.78 is 7.53. The van der Waals surface area contributed by atoms with E-state index in [1.165, 1.54) is 0 Å². The number of hydrogen-bond acceptors (Lipinski definition) is 4. The SMILES string of the molecule is CCNC(=NCc1nccn1CC(C)C)NC1CN(C(=O)OC(C)(C)C)C1.I. The number of guanidine groups is 1. The number of hydrogen-bond donors (Lipinski definition) is 2. The Balaban J connectivity index is 0.00000392. The van der Waals surface area contributed by atoms with Gasteiger partial charge < -0.3 is 24.8 Å². The van der Waals surface area contributed by atoms with Crippen molar-refractivity contribution in [2.75, 3.05) is 19.6 Å². The number of likely N-dealkylation sites (tertiary alicyclic amines) is 1. The molecule has 1 amide bonds. The van der Waals surface area contributed by atoms with Crippen molar-refractivity contribution in [1.29, 1.82) is 0 Å². The molecule has 1 aromatic heterocycles. The summed E-state index contributed by atoms with van der Waals surface area (Å²) in [5.41, 5.74) is -0.468. The van der Waals surface area contributed by atoms with Crippen LogP contribution in [0, 0.1) is 5.92 Å². The second-order valence-electron chi connectivity index (χ2n) is 8.31. The number of nitrogens with one attached hydrogen (secondary N) is 2. The molecule has 2 heterocycles. The first-order chi connectivity index (χ1) is 12.7. The Kier molecular flexibility index (Phi) is 9.52. The summed E-state index contributed by atoms with van der Waals surface area (Å²) in [5, 5.41) is 6.63. The molecule has 1 aromatic rings. The average molecular weight is 506 g/mol. The summed E-state index contributed by atoms with van der Waals surface area (Å²) in [4.78, 5) is 22.8. The Bertz CT molecular complexity index is 647. The van der Waals surface area contributed by atoms with Crippen LogP contribution in [0.2, 0.25) is 0 Å². The van der Waals surface area contributed by atoms with Crippen LogP contribution in [-0.2, 0) is 17.8 Å². The van der Waals surface area contributed by atoms with Crippen molar-refractivity contribution in [2.45, 2.75) is 66.3 Å². The molecule has 0 radical (unpaired) electrons. The molecule has 0 spiro atoms. The molecule has 9 heteroatoms. The van der Waals surface area contributed by atoms with E-state index in [-0.39, 0.29) is 36.1 Å². The van der Waals surface area contributed by atoms with Gasteiger partial charge in [-0.25, -0.2) is 14.8 Å². The quantitative estimate of drug-likeness (QED) is 0.352. The normalized spacial score (nSPS) is 15.1. The van der Waals surface area contributed by atoms with Gasteiger partial charge in [-0.2, -0.15) is 0 Å². The Hall–Kier alpha value is -1.52. The third-order valence-corrected chi connectivity index (χ3v) is 3.96. The van der Waals surface area contributed by atoms with E-state index in [1.807, 2.05) is 40.1 Å². The van der Waals surface area contributed by atoms with Gasteiger partial charge in [-0.15, -0.1) is 24.0 Å². The Labute approximate surface area is 185 Å². The van der Waals surface area contributed by atoms with Gasteiger partial charge in [0.05, 0.1) is 6.04 Å². The van der Waals surface area contributed by atoms with Gasteiger partial charge in [-0.1, -0.05) is 13.8 Å². The molecule has 1 aliphatic heterocycles. The van der Waals surface area contributed by atoms with Crippen LogP contribution in [0.25, 0.3) is 0 Å². The highest BCUT2D eigenvalue weighted by Gasteiger charge is 2.34. The van der Waals surface area contributed by atoms with E-state index < -0.39 is 5.60 Å². The number of halogens is 1. The van der Waals surface area contributed by atoms with Gasteiger partial charge in [0.1, 0.15) is 18.0 Å². The molecule has 0 saturated carbocycles. The summed E-state index contributed by atoms with van der Waals surface area (Å²) in [5.74, 6) is 2.25. The largest absolute Gasteiger partial charge is 0.444 e. The predicted molar refractivity (Wildman–Crippen MR) is 122 cm³/mol. The number of amides is 1. The lowest BCUT2D eigenvalue weighted by Crippen LogP contribution is -2.63. The maximum atomic E-state index is 12.0. The van der Waals surface area contributed by atoms with Gasteiger partial charge in [0.15, 0.2) is 5.96 Å². The topological polar surface area (TPSA) is 83.8 Å². The highest BCUT2D eigenvalue weighted by molar-refractivity contribution is 14.0. The van der Waals surface area contributed by atoms with Crippen LogP contribution in [0.15, 0.2) is 17.4 Å². The number of nitrogens with zero attached hydrogens (tertiary/aromatic N) is 4. The van der Waals surface area contributed by atoms with E-state index in [1.54, 1.807) is 4.90 Å². The Morgan fingerprint density at radius 2 is 2.07 bits per heavy atom.